The molecule has 11 heteroatoms. The van der Waals surface area contributed by atoms with Crippen molar-refractivity contribution in [3.05, 3.63) is 24.0 Å². The van der Waals surface area contributed by atoms with E-state index in [-0.39, 0.29) is 19.5 Å². The summed E-state index contributed by atoms with van der Waals surface area (Å²) in [4.78, 5) is 18.2. The number of rotatable bonds is 5. The van der Waals surface area contributed by atoms with Crippen LogP contribution < -0.4 is 16.0 Å². The number of imidazole rings is 1. The van der Waals surface area contributed by atoms with E-state index < -0.39 is 43.1 Å². The van der Waals surface area contributed by atoms with Gasteiger partial charge in [0.1, 0.15) is 18.5 Å². The lowest BCUT2D eigenvalue weighted by molar-refractivity contribution is -0.135. The van der Waals surface area contributed by atoms with Gasteiger partial charge in [0.2, 0.25) is 11.9 Å². The van der Waals surface area contributed by atoms with Crippen molar-refractivity contribution in [2.75, 3.05) is 24.5 Å². The Hall–Kier alpha value is -2.43. The molecule has 0 spiro atoms. The third-order valence-corrected chi connectivity index (χ3v) is 4.58. The normalized spacial score (nSPS) is 20.6. The van der Waals surface area contributed by atoms with Crippen LogP contribution in [0.3, 0.4) is 0 Å². The molecule has 2 aromatic rings. The molecule has 3 N–H and O–H groups in total. The Kier molecular flexibility index (Phi) is 5.73. The Morgan fingerprint density at radius 2 is 2.11 bits per heavy atom. The number of nitrogens with two attached hydrogens (primary N) is 1. The van der Waals surface area contributed by atoms with Crippen molar-refractivity contribution in [3.8, 4) is 0 Å². The predicted molar refractivity (Wildman–Crippen MR) is 93.1 cm³/mol. The molecule has 1 fully saturated rings. The molecule has 0 bridgehead atoms. The maximum absolute atomic E-state index is 13.7. The molecule has 1 amide bonds. The first-order chi connectivity index (χ1) is 13.1. The number of amides is 1. The van der Waals surface area contributed by atoms with Crippen LogP contribution in [0.25, 0.3) is 11.0 Å². The lowest BCUT2D eigenvalue weighted by atomic mass is 10.1. The first-order valence-corrected chi connectivity index (χ1v) is 8.78. The highest BCUT2D eigenvalue weighted by molar-refractivity contribution is 5.83. The SMILES string of the molecule is N[C@@H]1CN(c2nc3ccc(F)cc3n2CC(=O)NCCC(F)(F)F)CC[C@H]1F. The van der Waals surface area contributed by atoms with E-state index >= 15 is 0 Å². The number of carbonyl (C=O) groups is 1. The standard InChI is InChI=1S/C17H20F5N5O/c18-10-1-2-13-14(7-10)27(9-15(28)24-5-4-17(20,21)22)16(25-13)26-6-3-11(19)12(23)8-26/h1-2,7,11-12H,3-6,8-9,23H2,(H,24,28)/t11-,12-/m1/s1. The van der Waals surface area contributed by atoms with Crippen molar-refractivity contribution in [1.82, 2.24) is 14.9 Å². The van der Waals surface area contributed by atoms with Gasteiger partial charge in [-0.15, -0.1) is 0 Å². The number of piperidine rings is 1. The number of alkyl halides is 4. The van der Waals surface area contributed by atoms with Crippen LogP contribution in [-0.2, 0) is 11.3 Å². The average molecular weight is 405 g/mol. The quantitative estimate of drug-likeness (QED) is 0.748. The van der Waals surface area contributed by atoms with Gasteiger partial charge in [0.05, 0.1) is 23.5 Å². The Bertz CT molecular complexity index is 852. The van der Waals surface area contributed by atoms with Crippen molar-refractivity contribution < 1.29 is 26.7 Å². The van der Waals surface area contributed by atoms with Gasteiger partial charge in [-0.2, -0.15) is 13.2 Å². The summed E-state index contributed by atoms with van der Waals surface area (Å²) in [7, 11) is 0. The lowest BCUT2D eigenvalue weighted by Crippen LogP contribution is -2.50. The highest BCUT2D eigenvalue weighted by atomic mass is 19.4. The van der Waals surface area contributed by atoms with Crippen molar-refractivity contribution in [1.29, 1.82) is 0 Å². The van der Waals surface area contributed by atoms with Gasteiger partial charge in [-0.25, -0.2) is 13.8 Å². The first kappa shape index (κ1) is 20.3. The van der Waals surface area contributed by atoms with E-state index in [9.17, 15) is 26.7 Å². The molecule has 6 nitrogen and oxygen atoms in total. The lowest BCUT2D eigenvalue weighted by Gasteiger charge is -2.34. The zero-order chi connectivity index (χ0) is 20.5. The second kappa shape index (κ2) is 7.90. The molecule has 0 aliphatic carbocycles. The number of hydrogen-bond acceptors (Lipinski definition) is 4. The Morgan fingerprint density at radius 1 is 1.36 bits per heavy atom. The number of fused-ring (bicyclic) bond motifs is 1. The monoisotopic (exact) mass is 405 g/mol. The van der Waals surface area contributed by atoms with Gasteiger partial charge < -0.3 is 20.5 Å². The van der Waals surface area contributed by atoms with Crippen LogP contribution in [0.4, 0.5) is 27.9 Å². The van der Waals surface area contributed by atoms with E-state index in [0.29, 0.717) is 23.5 Å². The van der Waals surface area contributed by atoms with Crippen LogP contribution in [0.2, 0.25) is 0 Å². The van der Waals surface area contributed by atoms with Crippen LogP contribution in [0.1, 0.15) is 12.8 Å². The fraction of sp³-hybridized carbons (Fsp3) is 0.529. The zero-order valence-corrected chi connectivity index (χ0v) is 14.8. The molecule has 1 saturated heterocycles. The Balaban J connectivity index is 1.84. The predicted octanol–water partition coefficient (Wildman–Crippen LogP) is 2.12. The number of carbonyl (C=O) groups excluding carboxylic acids is 1. The van der Waals surface area contributed by atoms with Crippen LogP contribution in [0.5, 0.6) is 0 Å². The van der Waals surface area contributed by atoms with Crippen LogP contribution in [0.15, 0.2) is 18.2 Å². The van der Waals surface area contributed by atoms with Crippen molar-refractivity contribution in [2.45, 2.75) is 37.8 Å². The van der Waals surface area contributed by atoms with E-state index in [1.165, 1.54) is 22.8 Å². The summed E-state index contributed by atoms with van der Waals surface area (Å²) < 4.78 is 65.6. The minimum Gasteiger partial charge on any atom is -0.354 e. The number of aromatic nitrogens is 2. The minimum absolute atomic E-state index is 0.155. The Morgan fingerprint density at radius 3 is 2.79 bits per heavy atom. The van der Waals surface area contributed by atoms with E-state index in [1.807, 2.05) is 0 Å². The van der Waals surface area contributed by atoms with Crippen LogP contribution in [0, 0.1) is 5.82 Å². The number of hydrogen-bond donors (Lipinski definition) is 2. The minimum atomic E-state index is -4.38. The number of halogens is 5. The van der Waals surface area contributed by atoms with Gasteiger partial charge in [-0.3, -0.25) is 4.79 Å². The first-order valence-electron chi connectivity index (χ1n) is 8.78. The molecule has 1 aromatic carbocycles. The summed E-state index contributed by atoms with van der Waals surface area (Å²) in [5.41, 5.74) is 6.51. The molecule has 0 saturated carbocycles. The third kappa shape index (κ3) is 4.70. The Labute approximate surface area is 157 Å². The maximum atomic E-state index is 13.7. The molecule has 0 unspecified atom stereocenters. The number of nitrogens with zero attached hydrogens (tertiary/aromatic N) is 3. The fourth-order valence-electron chi connectivity index (χ4n) is 3.16. The molecule has 2 atom stereocenters. The molecule has 1 aliphatic rings. The highest BCUT2D eigenvalue weighted by Crippen LogP contribution is 2.26. The second-order valence-corrected chi connectivity index (χ2v) is 6.76. The summed E-state index contributed by atoms with van der Waals surface area (Å²) in [6.45, 7) is -0.451. The molecule has 28 heavy (non-hydrogen) atoms. The van der Waals surface area contributed by atoms with E-state index in [2.05, 4.69) is 10.3 Å². The molecule has 0 radical (unpaired) electrons. The molecule has 2 heterocycles. The molecular weight excluding hydrogens is 385 g/mol. The zero-order valence-electron chi connectivity index (χ0n) is 14.8. The summed E-state index contributed by atoms with van der Waals surface area (Å²) in [5, 5.41) is 2.20. The summed E-state index contributed by atoms with van der Waals surface area (Å²) in [6, 6.07) is 3.11. The summed E-state index contributed by atoms with van der Waals surface area (Å²) >= 11 is 0. The van der Waals surface area contributed by atoms with Gasteiger partial charge in [-0.05, 0) is 24.6 Å². The van der Waals surface area contributed by atoms with E-state index in [1.54, 1.807) is 4.90 Å². The maximum Gasteiger partial charge on any atom is 0.390 e. The van der Waals surface area contributed by atoms with Crippen molar-refractivity contribution >= 4 is 22.9 Å². The topological polar surface area (TPSA) is 76.2 Å². The van der Waals surface area contributed by atoms with Crippen LogP contribution in [-0.4, -0.2) is 53.5 Å². The summed E-state index contributed by atoms with van der Waals surface area (Å²) in [5.74, 6) is -0.912. The smallest absolute Gasteiger partial charge is 0.354 e. The van der Waals surface area contributed by atoms with Gasteiger partial charge in [0.15, 0.2) is 0 Å². The molecule has 1 aromatic heterocycles. The van der Waals surface area contributed by atoms with E-state index in [0.717, 1.165) is 0 Å². The number of anilines is 1. The molecule has 154 valence electrons. The largest absolute Gasteiger partial charge is 0.390 e. The second-order valence-electron chi connectivity index (χ2n) is 6.76. The van der Waals surface area contributed by atoms with Crippen molar-refractivity contribution in [2.24, 2.45) is 5.73 Å². The highest BCUT2D eigenvalue weighted by Gasteiger charge is 2.30. The number of nitrogens with one attached hydrogen (secondary N) is 1. The third-order valence-electron chi connectivity index (χ3n) is 4.58. The van der Waals surface area contributed by atoms with Crippen LogP contribution >= 0.6 is 0 Å². The van der Waals surface area contributed by atoms with Gasteiger partial charge in [0, 0.05) is 19.6 Å². The molecule has 1 aliphatic heterocycles. The molecular formula is C17H20F5N5O. The van der Waals surface area contributed by atoms with Crippen molar-refractivity contribution in [3.63, 3.8) is 0 Å². The average Bonchev–Trinajstić information content (AvgIpc) is 2.94. The summed E-state index contributed by atoms with van der Waals surface area (Å²) in [6.07, 6.45) is -6.51. The number of benzene rings is 1. The molecule has 3 rings (SSSR count). The van der Waals surface area contributed by atoms with Gasteiger partial charge in [-0.1, -0.05) is 0 Å². The van der Waals surface area contributed by atoms with E-state index in [4.69, 9.17) is 5.73 Å². The fourth-order valence-corrected chi connectivity index (χ4v) is 3.16. The van der Waals surface area contributed by atoms with Gasteiger partial charge in [0.25, 0.3) is 0 Å². The van der Waals surface area contributed by atoms with Gasteiger partial charge >= 0.3 is 6.18 Å².